The smallest absolute Gasteiger partial charge is 0.342 e. The van der Waals surface area contributed by atoms with Gasteiger partial charge in [0, 0.05) is 5.56 Å². The summed E-state index contributed by atoms with van der Waals surface area (Å²) in [7, 11) is 3.18. The van der Waals surface area contributed by atoms with Crippen LogP contribution >= 0.6 is 0 Å². The van der Waals surface area contributed by atoms with Crippen LogP contribution in [0.2, 0.25) is 0 Å². The fourth-order valence-electron chi connectivity index (χ4n) is 3.04. The van der Waals surface area contributed by atoms with E-state index >= 15 is 0 Å². The molecule has 0 N–H and O–H groups in total. The minimum atomic E-state index is -0.403. The van der Waals surface area contributed by atoms with Crippen LogP contribution in [-0.4, -0.2) is 20.2 Å². The molecule has 0 saturated carbocycles. The molecule has 0 aliphatic rings. The van der Waals surface area contributed by atoms with Crippen molar-refractivity contribution < 1.29 is 19.0 Å². The van der Waals surface area contributed by atoms with E-state index in [0.717, 1.165) is 33.6 Å². The molecule has 128 valence electrons. The van der Waals surface area contributed by atoms with Crippen molar-refractivity contribution in [1.82, 2.24) is 0 Å². The molecular weight excluding hydrogens is 304 g/mol. The highest BCUT2D eigenvalue weighted by Crippen LogP contribution is 2.28. The van der Waals surface area contributed by atoms with Gasteiger partial charge in [0.05, 0.1) is 14.2 Å². The monoisotopic (exact) mass is 328 g/mol. The molecule has 24 heavy (non-hydrogen) atoms. The lowest BCUT2D eigenvalue weighted by molar-refractivity contribution is 0.0466. The number of aryl methyl sites for hydroxylation is 4. The number of carbonyl (C=O) groups is 1. The molecule has 0 radical (unpaired) electrons. The van der Waals surface area contributed by atoms with E-state index in [1.807, 2.05) is 45.9 Å². The van der Waals surface area contributed by atoms with Gasteiger partial charge in [-0.1, -0.05) is 17.7 Å². The summed E-state index contributed by atoms with van der Waals surface area (Å²) in [5, 5.41) is 0. The van der Waals surface area contributed by atoms with Crippen LogP contribution in [0.3, 0.4) is 0 Å². The van der Waals surface area contributed by atoms with Crippen molar-refractivity contribution in [2.75, 3.05) is 14.2 Å². The predicted octanol–water partition coefficient (Wildman–Crippen LogP) is 4.29. The van der Waals surface area contributed by atoms with Gasteiger partial charge in [0.15, 0.2) is 0 Å². The van der Waals surface area contributed by atoms with Gasteiger partial charge in [-0.25, -0.2) is 4.79 Å². The summed E-state index contributed by atoms with van der Waals surface area (Å²) in [5.74, 6) is 0.902. The van der Waals surface area contributed by atoms with E-state index < -0.39 is 5.97 Å². The Morgan fingerprint density at radius 1 is 0.833 bits per heavy atom. The number of hydrogen-bond acceptors (Lipinski definition) is 4. The molecule has 4 nitrogen and oxygen atoms in total. The molecular formula is C20H24O4. The van der Waals surface area contributed by atoms with Gasteiger partial charge in [-0.2, -0.15) is 0 Å². The summed E-state index contributed by atoms with van der Waals surface area (Å²) in [6.07, 6.45) is 0. The zero-order chi connectivity index (χ0) is 17.9. The van der Waals surface area contributed by atoms with Crippen molar-refractivity contribution in [1.29, 1.82) is 0 Å². The van der Waals surface area contributed by atoms with Crippen LogP contribution in [0.5, 0.6) is 11.5 Å². The number of carbonyl (C=O) groups excluding carboxylic acids is 1. The van der Waals surface area contributed by atoms with Crippen LogP contribution in [0.4, 0.5) is 0 Å². The highest BCUT2D eigenvalue weighted by molar-refractivity contribution is 5.93. The molecule has 0 unspecified atom stereocenters. The van der Waals surface area contributed by atoms with Crippen molar-refractivity contribution in [3.05, 3.63) is 57.6 Å². The molecule has 0 saturated heterocycles. The number of ether oxygens (including phenoxy) is 3. The first-order chi connectivity index (χ1) is 11.4. The summed E-state index contributed by atoms with van der Waals surface area (Å²) in [6, 6.07) is 7.77. The molecule has 0 spiro atoms. The molecule has 0 fully saturated rings. The van der Waals surface area contributed by atoms with E-state index in [0.29, 0.717) is 11.3 Å². The average Bonchev–Trinajstić information content (AvgIpc) is 2.51. The van der Waals surface area contributed by atoms with Gasteiger partial charge in [0.25, 0.3) is 0 Å². The molecule has 4 heteroatoms. The Bertz CT molecular complexity index is 763. The van der Waals surface area contributed by atoms with E-state index in [4.69, 9.17) is 14.2 Å². The second-order valence-electron chi connectivity index (χ2n) is 6.01. The highest BCUT2D eigenvalue weighted by Gasteiger charge is 2.18. The van der Waals surface area contributed by atoms with Gasteiger partial charge >= 0.3 is 5.97 Å². The molecule has 2 aromatic carbocycles. The van der Waals surface area contributed by atoms with Crippen LogP contribution in [0.1, 0.15) is 38.2 Å². The maximum absolute atomic E-state index is 12.5. The third-order valence-corrected chi connectivity index (χ3v) is 3.90. The quantitative estimate of drug-likeness (QED) is 0.768. The van der Waals surface area contributed by atoms with Crippen molar-refractivity contribution in [2.24, 2.45) is 0 Å². The summed E-state index contributed by atoms with van der Waals surface area (Å²) >= 11 is 0. The van der Waals surface area contributed by atoms with Crippen LogP contribution in [-0.2, 0) is 11.3 Å². The molecule has 2 rings (SSSR count). The summed E-state index contributed by atoms with van der Waals surface area (Å²) in [5.41, 5.74) is 5.32. The van der Waals surface area contributed by atoms with E-state index in [2.05, 4.69) is 0 Å². The first-order valence-corrected chi connectivity index (χ1v) is 7.83. The summed E-state index contributed by atoms with van der Waals surface area (Å²) in [4.78, 5) is 12.5. The Kier molecular flexibility index (Phi) is 5.50. The van der Waals surface area contributed by atoms with Crippen molar-refractivity contribution in [3.63, 3.8) is 0 Å². The van der Waals surface area contributed by atoms with E-state index in [9.17, 15) is 4.79 Å². The summed E-state index contributed by atoms with van der Waals surface area (Å²) in [6.45, 7) is 7.99. The number of hydrogen-bond donors (Lipinski definition) is 0. The largest absolute Gasteiger partial charge is 0.496 e. The molecule has 0 aliphatic heterocycles. The number of esters is 1. The number of rotatable bonds is 5. The Morgan fingerprint density at radius 2 is 1.38 bits per heavy atom. The maximum Gasteiger partial charge on any atom is 0.342 e. The Hall–Kier alpha value is -2.49. The molecule has 0 aliphatic carbocycles. The lowest BCUT2D eigenvalue weighted by atomic mass is 10.1. The third kappa shape index (κ3) is 3.70. The Balaban J connectivity index is 2.27. The fourth-order valence-corrected chi connectivity index (χ4v) is 3.04. The average molecular weight is 328 g/mol. The first kappa shape index (κ1) is 17.9. The van der Waals surface area contributed by atoms with Crippen molar-refractivity contribution in [2.45, 2.75) is 34.3 Å². The predicted molar refractivity (Wildman–Crippen MR) is 94.1 cm³/mol. The first-order valence-electron chi connectivity index (χ1n) is 7.83. The Labute approximate surface area is 143 Å². The molecule has 0 aromatic heterocycles. The second kappa shape index (κ2) is 7.39. The second-order valence-corrected chi connectivity index (χ2v) is 6.01. The SMILES string of the molecule is COc1c(C)cc(C)cc1COC(=O)c1cc(C)cc(C)c1OC. The standard InChI is InChI=1S/C20H24O4/c1-12-7-14(3)18(22-5)16(9-12)11-24-20(21)17-10-13(2)8-15(4)19(17)23-6/h7-10H,11H2,1-6H3. The van der Waals surface area contributed by atoms with Crippen LogP contribution < -0.4 is 9.47 Å². The van der Waals surface area contributed by atoms with Gasteiger partial charge in [-0.05, 0) is 56.5 Å². The number of benzene rings is 2. The number of methoxy groups -OCH3 is 2. The molecule has 0 atom stereocenters. The lowest BCUT2D eigenvalue weighted by Crippen LogP contribution is -2.09. The van der Waals surface area contributed by atoms with Gasteiger partial charge in [-0.15, -0.1) is 0 Å². The van der Waals surface area contributed by atoms with Gasteiger partial charge < -0.3 is 14.2 Å². The fraction of sp³-hybridized carbons (Fsp3) is 0.350. The normalized spacial score (nSPS) is 10.4. The zero-order valence-corrected chi connectivity index (χ0v) is 15.1. The van der Waals surface area contributed by atoms with E-state index in [1.54, 1.807) is 20.3 Å². The zero-order valence-electron chi connectivity index (χ0n) is 15.1. The van der Waals surface area contributed by atoms with E-state index in [1.165, 1.54) is 0 Å². The van der Waals surface area contributed by atoms with Gasteiger partial charge in [0.2, 0.25) is 0 Å². The third-order valence-electron chi connectivity index (χ3n) is 3.90. The molecule has 2 aromatic rings. The van der Waals surface area contributed by atoms with Crippen LogP contribution in [0, 0.1) is 27.7 Å². The van der Waals surface area contributed by atoms with E-state index in [-0.39, 0.29) is 6.61 Å². The molecule has 0 amide bonds. The summed E-state index contributed by atoms with van der Waals surface area (Å²) < 4.78 is 16.3. The van der Waals surface area contributed by atoms with Crippen molar-refractivity contribution >= 4 is 5.97 Å². The minimum absolute atomic E-state index is 0.153. The van der Waals surface area contributed by atoms with Crippen LogP contribution in [0.25, 0.3) is 0 Å². The van der Waals surface area contributed by atoms with Crippen LogP contribution in [0.15, 0.2) is 24.3 Å². The van der Waals surface area contributed by atoms with Gasteiger partial charge in [0.1, 0.15) is 23.7 Å². The maximum atomic E-state index is 12.5. The van der Waals surface area contributed by atoms with Crippen molar-refractivity contribution in [3.8, 4) is 11.5 Å². The highest BCUT2D eigenvalue weighted by atomic mass is 16.5. The Morgan fingerprint density at radius 3 is 1.96 bits per heavy atom. The minimum Gasteiger partial charge on any atom is -0.496 e. The molecule has 0 bridgehead atoms. The lowest BCUT2D eigenvalue weighted by Gasteiger charge is -2.15. The topological polar surface area (TPSA) is 44.8 Å². The van der Waals surface area contributed by atoms with Gasteiger partial charge in [-0.3, -0.25) is 0 Å². The molecule has 0 heterocycles.